The number of rotatable bonds is 3. The summed E-state index contributed by atoms with van der Waals surface area (Å²) < 4.78 is 0. The van der Waals surface area contributed by atoms with Crippen molar-refractivity contribution < 1.29 is 14.7 Å². The highest BCUT2D eigenvalue weighted by atomic mass is 32.1. The molecule has 0 fully saturated rings. The summed E-state index contributed by atoms with van der Waals surface area (Å²) in [6, 6.07) is -0.887. The number of aliphatic carboxylic acids is 1. The molecule has 4 nitrogen and oxygen atoms in total. The molecule has 13 heavy (non-hydrogen) atoms. The quantitative estimate of drug-likeness (QED) is 0.707. The van der Waals surface area contributed by atoms with Crippen LogP contribution >= 0.6 is 13.5 Å². The second-order valence-electron chi connectivity index (χ2n) is 3.82. The van der Waals surface area contributed by atoms with Gasteiger partial charge in [0.2, 0.25) is 0 Å². The maximum atomic E-state index is 11.3. The van der Waals surface area contributed by atoms with Crippen LogP contribution in [0.2, 0.25) is 0 Å². The number of hydrogen-bond donors (Lipinski definition) is 2. The first kappa shape index (κ1) is 14.9. The van der Waals surface area contributed by atoms with Gasteiger partial charge in [-0.2, -0.15) is 13.5 Å². The van der Waals surface area contributed by atoms with Crippen molar-refractivity contribution in [2.75, 3.05) is 0 Å². The Morgan fingerprint density at radius 1 is 1.38 bits per heavy atom. The van der Waals surface area contributed by atoms with Crippen LogP contribution in [0.5, 0.6) is 0 Å². The lowest BCUT2D eigenvalue weighted by Gasteiger charge is -2.20. The van der Waals surface area contributed by atoms with Crippen molar-refractivity contribution in [3.05, 3.63) is 0 Å². The molecule has 0 aliphatic rings. The Morgan fingerprint density at radius 3 is 2.00 bits per heavy atom. The van der Waals surface area contributed by atoms with Gasteiger partial charge in [0.25, 0.3) is 0 Å². The summed E-state index contributed by atoms with van der Waals surface area (Å²) in [6.45, 7) is 5.16. The summed E-state index contributed by atoms with van der Waals surface area (Å²) in [6.07, 6.45) is -0.296. The summed E-state index contributed by atoms with van der Waals surface area (Å²) in [5.74, 6) is -1.26. The molecule has 0 saturated heterocycles. The van der Waals surface area contributed by atoms with E-state index in [9.17, 15) is 9.59 Å². The minimum atomic E-state index is -1.04. The number of carboxylic acid groups (broad SMARTS) is 1. The molecule has 3 N–H and O–H groups in total. The third kappa shape index (κ3) is 5.65. The summed E-state index contributed by atoms with van der Waals surface area (Å²) in [5, 5.41) is 8.37. The van der Waals surface area contributed by atoms with Gasteiger partial charge in [0.1, 0.15) is 0 Å². The van der Waals surface area contributed by atoms with Crippen LogP contribution in [0.25, 0.3) is 0 Å². The fourth-order valence-electron chi connectivity index (χ4n) is 0.837. The van der Waals surface area contributed by atoms with E-state index < -0.39 is 17.4 Å². The monoisotopic (exact) mass is 207 g/mol. The summed E-state index contributed by atoms with van der Waals surface area (Å²) >= 11 is 0. The van der Waals surface area contributed by atoms with Crippen LogP contribution in [-0.4, -0.2) is 22.9 Å². The van der Waals surface area contributed by atoms with Crippen LogP contribution in [-0.2, 0) is 9.59 Å². The van der Waals surface area contributed by atoms with Gasteiger partial charge in [0.05, 0.1) is 12.5 Å². The molecular weight excluding hydrogens is 190 g/mol. The second kappa shape index (κ2) is 5.24. The Labute approximate surface area is 84.9 Å². The molecule has 0 unspecified atom stereocenters. The number of carboxylic acids is 1. The molecule has 5 heteroatoms. The van der Waals surface area contributed by atoms with Crippen LogP contribution in [0, 0.1) is 5.41 Å². The van der Waals surface area contributed by atoms with Gasteiger partial charge in [0.15, 0.2) is 5.78 Å². The number of carbonyl (C=O) groups is 2. The molecule has 0 bridgehead atoms. The molecule has 0 aliphatic carbocycles. The molecule has 0 amide bonds. The fraction of sp³-hybridized carbons (Fsp3) is 0.750. The van der Waals surface area contributed by atoms with Gasteiger partial charge in [0, 0.05) is 5.41 Å². The molecule has 0 aromatic heterocycles. The molecule has 0 aromatic rings. The number of Topliss-reactive ketones (excluding diaryl/α,β-unsaturated/α-hetero) is 1. The lowest BCUT2D eigenvalue weighted by molar-refractivity contribution is -0.140. The van der Waals surface area contributed by atoms with Gasteiger partial charge < -0.3 is 10.8 Å². The Balaban J connectivity index is 0. The van der Waals surface area contributed by atoms with E-state index in [-0.39, 0.29) is 25.7 Å². The SMILES string of the molecule is CC(C)(C)C(=O)[C@@H](N)CC(=O)O.S. The van der Waals surface area contributed by atoms with Crippen molar-refractivity contribution in [2.24, 2.45) is 11.1 Å². The molecular formula is C8H17NO3S. The molecule has 0 saturated carbocycles. The smallest absolute Gasteiger partial charge is 0.305 e. The van der Waals surface area contributed by atoms with Crippen molar-refractivity contribution in [1.82, 2.24) is 0 Å². The third-order valence-corrected chi connectivity index (χ3v) is 1.47. The van der Waals surface area contributed by atoms with E-state index in [1.165, 1.54) is 0 Å². The predicted octanol–water partition coefficient (Wildman–Crippen LogP) is 0.516. The zero-order valence-corrected chi connectivity index (χ0v) is 9.13. The second-order valence-corrected chi connectivity index (χ2v) is 3.82. The van der Waals surface area contributed by atoms with Gasteiger partial charge in [-0.25, -0.2) is 0 Å². The molecule has 0 rings (SSSR count). The number of ketones is 1. The van der Waals surface area contributed by atoms with Crippen LogP contribution in [0.4, 0.5) is 0 Å². The third-order valence-electron chi connectivity index (χ3n) is 1.47. The average molecular weight is 207 g/mol. The topological polar surface area (TPSA) is 80.4 Å². The highest BCUT2D eigenvalue weighted by molar-refractivity contribution is 7.59. The van der Waals surface area contributed by atoms with Gasteiger partial charge >= 0.3 is 5.97 Å². The number of hydrogen-bond acceptors (Lipinski definition) is 3. The zero-order valence-electron chi connectivity index (χ0n) is 8.13. The largest absolute Gasteiger partial charge is 0.481 e. The zero-order chi connectivity index (χ0) is 9.94. The predicted molar refractivity (Wildman–Crippen MR) is 55.1 cm³/mol. The van der Waals surface area contributed by atoms with Crippen molar-refractivity contribution in [3.63, 3.8) is 0 Å². The van der Waals surface area contributed by atoms with E-state index in [1.807, 2.05) is 0 Å². The maximum Gasteiger partial charge on any atom is 0.305 e. The number of nitrogens with two attached hydrogens (primary N) is 1. The normalized spacial score (nSPS) is 12.9. The molecule has 0 radical (unpaired) electrons. The molecule has 1 atom stereocenters. The minimum absolute atomic E-state index is 0. The van der Waals surface area contributed by atoms with E-state index in [2.05, 4.69) is 0 Å². The molecule has 0 heterocycles. The van der Waals surface area contributed by atoms with Crippen molar-refractivity contribution in [1.29, 1.82) is 0 Å². The van der Waals surface area contributed by atoms with Crippen molar-refractivity contribution >= 4 is 25.2 Å². The number of carbonyl (C=O) groups excluding carboxylic acids is 1. The van der Waals surface area contributed by atoms with E-state index in [0.29, 0.717) is 0 Å². The summed E-state index contributed by atoms with van der Waals surface area (Å²) in [7, 11) is 0. The molecule has 0 aliphatic heterocycles. The Kier molecular flexibility index (Phi) is 6.02. The van der Waals surface area contributed by atoms with Gasteiger partial charge in [-0.15, -0.1) is 0 Å². The average Bonchev–Trinajstić information content (AvgIpc) is 1.82. The van der Waals surface area contributed by atoms with Crippen LogP contribution < -0.4 is 5.73 Å². The minimum Gasteiger partial charge on any atom is -0.481 e. The first-order chi connectivity index (χ1) is 5.25. The van der Waals surface area contributed by atoms with Gasteiger partial charge in [-0.3, -0.25) is 9.59 Å². The van der Waals surface area contributed by atoms with Crippen LogP contribution in [0.1, 0.15) is 27.2 Å². The lowest BCUT2D eigenvalue weighted by atomic mass is 9.86. The Morgan fingerprint density at radius 2 is 1.77 bits per heavy atom. The van der Waals surface area contributed by atoms with E-state index >= 15 is 0 Å². The molecule has 0 aromatic carbocycles. The highest BCUT2D eigenvalue weighted by Crippen LogP contribution is 2.16. The Hall–Kier alpha value is -0.550. The molecule has 0 spiro atoms. The van der Waals surface area contributed by atoms with Gasteiger partial charge in [-0.1, -0.05) is 20.8 Å². The summed E-state index contributed by atoms with van der Waals surface area (Å²) in [4.78, 5) is 21.5. The maximum absolute atomic E-state index is 11.3. The van der Waals surface area contributed by atoms with Gasteiger partial charge in [-0.05, 0) is 0 Å². The van der Waals surface area contributed by atoms with Crippen LogP contribution in [0.3, 0.4) is 0 Å². The summed E-state index contributed by atoms with van der Waals surface area (Å²) in [5.41, 5.74) is 4.81. The first-order valence-corrected chi connectivity index (χ1v) is 3.77. The van der Waals surface area contributed by atoms with E-state index in [0.717, 1.165) is 0 Å². The van der Waals surface area contributed by atoms with E-state index in [4.69, 9.17) is 10.8 Å². The lowest BCUT2D eigenvalue weighted by Crippen LogP contribution is -2.40. The van der Waals surface area contributed by atoms with Crippen molar-refractivity contribution in [3.8, 4) is 0 Å². The van der Waals surface area contributed by atoms with Crippen molar-refractivity contribution in [2.45, 2.75) is 33.2 Å². The Bertz CT molecular complexity index is 198. The molecule has 78 valence electrons. The standard InChI is InChI=1S/C8H15NO3.H2S/c1-8(2,3)7(12)5(9)4-6(10)11;/h5H,4,9H2,1-3H3,(H,10,11);1H2/t5-;/m0./s1. The van der Waals surface area contributed by atoms with Crippen LogP contribution in [0.15, 0.2) is 0 Å². The first-order valence-electron chi connectivity index (χ1n) is 3.77. The fourth-order valence-corrected chi connectivity index (χ4v) is 0.837. The highest BCUT2D eigenvalue weighted by Gasteiger charge is 2.28. The van der Waals surface area contributed by atoms with E-state index in [1.54, 1.807) is 20.8 Å².